The van der Waals surface area contributed by atoms with Crippen molar-refractivity contribution < 1.29 is 23.2 Å². The van der Waals surface area contributed by atoms with Crippen LogP contribution in [0.25, 0.3) is 0 Å². The zero-order valence-electron chi connectivity index (χ0n) is 17.5. The van der Waals surface area contributed by atoms with Gasteiger partial charge >= 0.3 is 0 Å². The van der Waals surface area contributed by atoms with Crippen molar-refractivity contribution in [2.45, 2.75) is 40.2 Å². The summed E-state index contributed by atoms with van der Waals surface area (Å²) in [7, 11) is 0. The number of rotatable bonds is 11. The van der Waals surface area contributed by atoms with E-state index in [1.807, 2.05) is 6.92 Å². The summed E-state index contributed by atoms with van der Waals surface area (Å²) in [5.74, 6) is -0.233. The number of carbonyl (C=O) groups excluding carboxylic acids is 2. The number of imidazole rings is 1. The van der Waals surface area contributed by atoms with Crippen LogP contribution in [-0.4, -0.2) is 41.5 Å². The second kappa shape index (κ2) is 11.8. The fraction of sp³-hybridized carbons (Fsp3) is 0.350. The number of amides is 2. The van der Waals surface area contributed by atoms with Crippen LogP contribution in [0.2, 0.25) is 5.02 Å². The molecular weight excluding hydrogens is 444 g/mol. The zero-order chi connectivity index (χ0) is 23.0. The number of hydroxylamine groups is 1. The number of anilines is 1. The van der Waals surface area contributed by atoms with Gasteiger partial charge in [0, 0.05) is 17.4 Å². The molecule has 1 aromatic carbocycles. The highest BCUT2D eigenvalue weighted by Crippen LogP contribution is 2.25. The van der Waals surface area contributed by atoms with Crippen LogP contribution >= 0.6 is 11.6 Å². The fourth-order valence-electron chi connectivity index (χ4n) is 2.70. The lowest BCUT2D eigenvalue weighted by molar-refractivity contribution is -0.113. The predicted octanol–water partition coefficient (Wildman–Crippen LogP) is 3.36. The van der Waals surface area contributed by atoms with Crippen LogP contribution in [0.1, 0.15) is 48.6 Å². The number of nitrogens with zero attached hydrogens (tertiary/aromatic N) is 4. The van der Waals surface area contributed by atoms with Gasteiger partial charge in [-0.05, 0) is 38.0 Å². The van der Waals surface area contributed by atoms with Gasteiger partial charge in [-0.15, -0.1) is 0 Å². The minimum absolute atomic E-state index is 0.000864. The Kier molecular flexibility index (Phi) is 9.38. The molecule has 2 rings (SSSR count). The molecule has 0 radical (unpaired) electrons. The van der Waals surface area contributed by atoms with Gasteiger partial charge in [0.05, 0.1) is 30.1 Å². The third-order valence-corrected chi connectivity index (χ3v) is 5.21. The third kappa shape index (κ3) is 6.47. The van der Waals surface area contributed by atoms with E-state index in [2.05, 4.69) is 4.98 Å². The smallest absolute Gasteiger partial charge is 0.289 e. The molecule has 1 atom stereocenters. The molecule has 1 aromatic heterocycles. The number of carbonyl (C=O) groups is 2. The minimum Gasteiger partial charge on any atom is -0.755 e. The van der Waals surface area contributed by atoms with Crippen molar-refractivity contribution in [3.8, 4) is 0 Å². The molecule has 9 nitrogen and oxygen atoms in total. The Morgan fingerprint density at radius 1 is 1.39 bits per heavy atom. The molecule has 0 spiro atoms. The second-order valence-corrected chi connectivity index (χ2v) is 7.68. The molecule has 0 aliphatic carbocycles. The molecule has 0 aliphatic rings. The number of halogens is 1. The summed E-state index contributed by atoms with van der Waals surface area (Å²) in [6, 6.07) is 5.02. The predicted molar refractivity (Wildman–Crippen MR) is 117 cm³/mol. The summed E-state index contributed by atoms with van der Waals surface area (Å²) >= 11 is 3.61. The SMILES string of the molecule is CCC/C=C/N(C(=O)c1cn(Cc2ccc(N(C=O)OCC)cc2Cl)c(C)n1)S(=O)[O-]. The largest absolute Gasteiger partial charge is 0.755 e. The van der Waals surface area contributed by atoms with E-state index in [-0.39, 0.29) is 5.69 Å². The molecule has 1 heterocycles. The van der Waals surface area contributed by atoms with Crippen LogP contribution in [0, 0.1) is 6.92 Å². The molecule has 2 aromatic rings. The van der Waals surface area contributed by atoms with Crippen molar-refractivity contribution in [3.63, 3.8) is 0 Å². The highest BCUT2D eigenvalue weighted by molar-refractivity contribution is 7.77. The summed E-state index contributed by atoms with van der Waals surface area (Å²) < 4.78 is 25.2. The number of hydrogen-bond donors (Lipinski definition) is 0. The highest BCUT2D eigenvalue weighted by Gasteiger charge is 2.19. The zero-order valence-corrected chi connectivity index (χ0v) is 19.1. The monoisotopic (exact) mass is 467 g/mol. The molecule has 0 saturated heterocycles. The lowest BCUT2D eigenvalue weighted by atomic mass is 10.2. The standard InChI is InChI=1S/C20H25ClN4O5S/c1-4-6-7-10-25(31(28)29)20(27)19-13-23(15(3)22-19)12-16-8-9-17(11-18(16)21)24(14-26)30-5-2/h7-11,13-14H,4-6,12H2,1-3H3,(H,28,29)/p-1/b10-7+. The highest BCUT2D eigenvalue weighted by atomic mass is 35.5. The number of aromatic nitrogens is 2. The number of allylic oxidation sites excluding steroid dienone is 1. The number of aryl methyl sites for hydroxylation is 1. The Balaban J connectivity index is 2.24. The van der Waals surface area contributed by atoms with Crippen molar-refractivity contribution in [3.05, 3.63) is 58.8 Å². The Bertz CT molecular complexity index is 978. The molecule has 168 valence electrons. The first-order valence-corrected chi connectivity index (χ1v) is 11.0. The van der Waals surface area contributed by atoms with E-state index in [9.17, 15) is 18.4 Å². The lowest BCUT2D eigenvalue weighted by Crippen LogP contribution is -2.28. The summed E-state index contributed by atoms with van der Waals surface area (Å²) in [6.07, 6.45) is 6.35. The van der Waals surface area contributed by atoms with Gasteiger partial charge in [-0.25, -0.2) is 9.29 Å². The molecule has 11 heteroatoms. The molecule has 1 unspecified atom stereocenters. The summed E-state index contributed by atoms with van der Waals surface area (Å²) in [5, 5.41) is 1.48. The first-order chi connectivity index (χ1) is 14.8. The van der Waals surface area contributed by atoms with Crippen LogP contribution in [0.15, 0.2) is 36.7 Å². The quantitative estimate of drug-likeness (QED) is 0.285. The van der Waals surface area contributed by atoms with E-state index in [0.29, 0.717) is 46.8 Å². The summed E-state index contributed by atoms with van der Waals surface area (Å²) in [4.78, 5) is 33.2. The van der Waals surface area contributed by atoms with Gasteiger partial charge in [0.15, 0.2) is 0 Å². The lowest BCUT2D eigenvalue weighted by Gasteiger charge is -2.19. The fourth-order valence-corrected chi connectivity index (χ4v) is 3.35. The van der Waals surface area contributed by atoms with Crippen LogP contribution in [0.3, 0.4) is 0 Å². The second-order valence-electron chi connectivity index (χ2n) is 6.45. The van der Waals surface area contributed by atoms with E-state index in [0.717, 1.165) is 17.0 Å². The van der Waals surface area contributed by atoms with E-state index in [4.69, 9.17) is 16.4 Å². The van der Waals surface area contributed by atoms with Gasteiger partial charge in [0.1, 0.15) is 11.5 Å². The summed E-state index contributed by atoms with van der Waals surface area (Å²) in [6.45, 7) is 6.03. The van der Waals surface area contributed by atoms with Crippen LogP contribution < -0.4 is 5.06 Å². The molecule has 0 fully saturated rings. The van der Waals surface area contributed by atoms with Gasteiger partial charge in [-0.1, -0.05) is 37.1 Å². The third-order valence-electron chi connectivity index (χ3n) is 4.25. The molecule has 0 N–H and O–H groups in total. The maximum Gasteiger partial charge on any atom is 0.289 e. The average molecular weight is 468 g/mol. The maximum atomic E-state index is 12.6. The van der Waals surface area contributed by atoms with E-state index in [1.165, 1.54) is 12.4 Å². The number of benzene rings is 1. The van der Waals surface area contributed by atoms with E-state index < -0.39 is 17.2 Å². The summed E-state index contributed by atoms with van der Waals surface area (Å²) in [5.41, 5.74) is 1.20. The maximum absolute atomic E-state index is 12.6. The van der Waals surface area contributed by atoms with Crippen LogP contribution in [-0.2, 0) is 27.4 Å². The first kappa shape index (κ1) is 24.7. The van der Waals surface area contributed by atoms with Crippen molar-refractivity contribution in [1.82, 2.24) is 13.9 Å². The molecule has 0 saturated carbocycles. The Labute approximate surface area is 188 Å². The van der Waals surface area contributed by atoms with Gasteiger partial charge in [0.25, 0.3) is 5.91 Å². The van der Waals surface area contributed by atoms with Crippen molar-refractivity contribution in [2.75, 3.05) is 11.7 Å². The van der Waals surface area contributed by atoms with Crippen molar-refractivity contribution in [1.29, 1.82) is 0 Å². The number of unbranched alkanes of at least 4 members (excludes halogenated alkanes) is 1. The Morgan fingerprint density at radius 3 is 2.71 bits per heavy atom. The number of hydrogen-bond acceptors (Lipinski definition) is 6. The van der Waals surface area contributed by atoms with Gasteiger partial charge in [0.2, 0.25) is 6.41 Å². The molecule has 2 amide bonds. The van der Waals surface area contributed by atoms with Gasteiger partial charge < -0.3 is 9.12 Å². The Hall–Kier alpha value is -2.53. The van der Waals surface area contributed by atoms with Crippen LogP contribution in [0.4, 0.5) is 5.69 Å². The first-order valence-electron chi connectivity index (χ1n) is 9.61. The Morgan fingerprint density at radius 2 is 2.13 bits per heavy atom. The minimum atomic E-state index is -2.75. The molecule has 0 aliphatic heterocycles. The molecule has 0 bridgehead atoms. The van der Waals surface area contributed by atoms with Crippen molar-refractivity contribution >= 4 is 40.9 Å². The van der Waals surface area contributed by atoms with Crippen LogP contribution in [0.5, 0.6) is 0 Å². The van der Waals surface area contributed by atoms with E-state index in [1.54, 1.807) is 42.7 Å². The average Bonchev–Trinajstić information content (AvgIpc) is 3.10. The van der Waals surface area contributed by atoms with E-state index >= 15 is 0 Å². The molecular formula is C20H24ClN4O5S-. The normalized spacial score (nSPS) is 12.2. The topological polar surface area (TPSA) is 108 Å². The molecule has 31 heavy (non-hydrogen) atoms. The van der Waals surface area contributed by atoms with Crippen molar-refractivity contribution in [2.24, 2.45) is 0 Å². The van der Waals surface area contributed by atoms with Gasteiger partial charge in [-0.2, -0.15) is 5.06 Å². The van der Waals surface area contributed by atoms with Gasteiger partial charge in [-0.3, -0.25) is 18.6 Å².